The number of hydrogen-bond acceptors (Lipinski definition) is 2. The molecule has 1 aromatic rings. The number of carbonyl (C=O) groups is 1. The third-order valence-electron chi connectivity index (χ3n) is 2.79. The summed E-state index contributed by atoms with van der Waals surface area (Å²) in [5.41, 5.74) is 1.81. The molecule has 1 aliphatic carbocycles. The second kappa shape index (κ2) is 3.93. The van der Waals surface area contributed by atoms with E-state index in [0.717, 1.165) is 36.0 Å². The van der Waals surface area contributed by atoms with Gasteiger partial charge < -0.3 is 4.74 Å². The maximum absolute atomic E-state index is 11.1. The van der Waals surface area contributed by atoms with Gasteiger partial charge in [-0.15, -0.1) is 0 Å². The van der Waals surface area contributed by atoms with Crippen molar-refractivity contribution >= 4 is 6.29 Å². The van der Waals surface area contributed by atoms with Crippen molar-refractivity contribution in [1.29, 1.82) is 0 Å². The average Bonchev–Trinajstić information content (AvgIpc) is 3.00. The first kappa shape index (κ1) is 11.2. The predicted molar refractivity (Wildman–Crippen MR) is 64.2 cm³/mol. The van der Waals surface area contributed by atoms with E-state index < -0.39 is 0 Å². The van der Waals surface area contributed by atoms with Crippen LogP contribution in [0.15, 0.2) is 18.2 Å². The third-order valence-corrected chi connectivity index (χ3v) is 2.79. The summed E-state index contributed by atoms with van der Waals surface area (Å²) in [6.07, 6.45) is 3.56. The minimum Gasteiger partial charge on any atom is -0.490 e. The second-order valence-corrected chi connectivity index (χ2v) is 5.43. The summed E-state index contributed by atoms with van der Waals surface area (Å²) in [7, 11) is 0. The molecule has 86 valence electrons. The lowest BCUT2D eigenvalue weighted by molar-refractivity contribution is 0.112. The molecule has 2 heteroatoms. The summed E-state index contributed by atoms with van der Waals surface area (Å²) in [5.74, 6) is 0.817. The van der Waals surface area contributed by atoms with Crippen molar-refractivity contribution in [2.45, 2.75) is 45.1 Å². The second-order valence-electron chi connectivity index (χ2n) is 5.43. The minimum atomic E-state index is -0.00560. The molecular weight excluding hydrogens is 200 g/mol. The van der Waals surface area contributed by atoms with Crippen LogP contribution in [0.3, 0.4) is 0 Å². The molecule has 2 rings (SSSR count). The lowest BCUT2D eigenvalue weighted by atomic mass is 9.84. The van der Waals surface area contributed by atoms with Crippen LogP contribution in [0.1, 0.15) is 49.5 Å². The van der Waals surface area contributed by atoms with E-state index in [1.54, 1.807) is 0 Å². The number of ether oxygens (including phenoxy) is 1. The first-order chi connectivity index (χ1) is 7.50. The van der Waals surface area contributed by atoms with E-state index >= 15 is 0 Å². The van der Waals surface area contributed by atoms with E-state index in [4.69, 9.17) is 4.74 Å². The van der Waals surface area contributed by atoms with Gasteiger partial charge in [-0.3, -0.25) is 4.79 Å². The fraction of sp³-hybridized carbons (Fsp3) is 0.500. The zero-order chi connectivity index (χ0) is 11.8. The van der Waals surface area contributed by atoms with E-state index in [9.17, 15) is 4.79 Å². The van der Waals surface area contributed by atoms with Crippen molar-refractivity contribution in [3.63, 3.8) is 0 Å². The van der Waals surface area contributed by atoms with E-state index in [-0.39, 0.29) is 5.41 Å². The SMILES string of the molecule is CC(C)(C)c1ccc(OC2CC2)cc1C=O. The Kier molecular flexibility index (Phi) is 2.75. The zero-order valence-electron chi connectivity index (χ0n) is 10.1. The predicted octanol–water partition coefficient (Wildman–Crippen LogP) is 3.34. The first-order valence-corrected chi connectivity index (χ1v) is 5.77. The highest BCUT2D eigenvalue weighted by molar-refractivity contribution is 5.78. The van der Waals surface area contributed by atoms with Crippen LogP contribution in [0.4, 0.5) is 0 Å². The van der Waals surface area contributed by atoms with Crippen molar-refractivity contribution in [3.05, 3.63) is 29.3 Å². The Morgan fingerprint density at radius 2 is 2.00 bits per heavy atom. The van der Waals surface area contributed by atoms with E-state index in [0.29, 0.717) is 6.10 Å². The van der Waals surface area contributed by atoms with Gasteiger partial charge in [-0.25, -0.2) is 0 Å². The summed E-state index contributed by atoms with van der Waals surface area (Å²) in [4.78, 5) is 11.1. The normalized spacial score (nSPS) is 15.9. The Hall–Kier alpha value is -1.31. The van der Waals surface area contributed by atoms with Crippen LogP contribution in [0.5, 0.6) is 5.75 Å². The fourth-order valence-electron chi connectivity index (χ4n) is 1.77. The van der Waals surface area contributed by atoms with Crippen LogP contribution < -0.4 is 4.74 Å². The van der Waals surface area contributed by atoms with Gasteiger partial charge in [0.15, 0.2) is 0 Å². The maximum atomic E-state index is 11.1. The van der Waals surface area contributed by atoms with Gasteiger partial charge in [-0.2, -0.15) is 0 Å². The third kappa shape index (κ3) is 2.43. The van der Waals surface area contributed by atoms with E-state index in [1.807, 2.05) is 18.2 Å². The number of carbonyl (C=O) groups excluding carboxylic acids is 1. The molecule has 1 aliphatic rings. The molecular formula is C14H18O2. The number of rotatable bonds is 3. The van der Waals surface area contributed by atoms with Crippen LogP contribution in [-0.2, 0) is 5.41 Å². The first-order valence-electron chi connectivity index (χ1n) is 5.77. The van der Waals surface area contributed by atoms with Gasteiger partial charge in [0.1, 0.15) is 12.0 Å². The molecule has 0 heterocycles. The Bertz CT molecular complexity index is 398. The van der Waals surface area contributed by atoms with Gasteiger partial charge >= 0.3 is 0 Å². The highest BCUT2D eigenvalue weighted by Crippen LogP contribution is 2.31. The van der Waals surface area contributed by atoms with Gasteiger partial charge in [0.2, 0.25) is 0 Å². The average molecular weight is 218 g/mol. The highest BCUT2D eigenvalue weighted by Gasteiger charge is 2.24. The maximum Gasteiger partial charge on any atom is 0.150 e. The van der Waals surface area contributed by atoms with E-state index in [1.165, 1.54) is 0 Å². The van der Waals surface area contributed by atoms with Crippen molar-refractivity contribution in [2.24, 2.45) is 0 Å². The van der Waals surface area contributed by atoms with Crippen molar-refractivity contribution in [3.8, 4) is 5.75 Å². The van der Waals surface area contributed by atoms with E-state index in [2.05, 4.69) is 20.8 Å². The molecule has 0 N–H and O–H groups in total. The van der Waals surface area contributed by atoms with Crippen molar-refractivity contribution in [2.75, 3.05) is 0 Å². The van der Waals surface area contributed by atoms with Gasteiger partial charge in [0.05, 0.1) is 6.10 Å². The number of hydrogen-bond donors (Lipinski definition) is 0. The molecule has 0 bridgehead atoms. The van der Waals surface area contributed by atoms with Crippen LogP contribution in [0.25, 0.3) is 0 Å². The standard InChI is InChI=1S/C14H18O2/c1-14(2,3)13-7-6-12(8-10(13)9-15)16-11-4-5-11/h6-9,11H,4-5H2,1-3H3. The molecule has 16 heavy (non-hydrogen) atoms. The summed E-state index contributed by atoms with van der Waals surface area (Å²) < 4.78 is 5.68. The minimum absolute atomic E-state index is 0.00560. The van der Waals surface area contributed by atoms with Gasteiger partial charge in [-0.05, 0) is 36.0 Å². The number of aldehydes is 1. The summed E-state index contributed by atoms with van der Waals surface area (Å²) in [5, 5.41) is 0. The molecule has 0 atom stereocenters. The summed E-state index contributed by atoms with van der Waals surface area (Å²) in [6.45, 7) is 6.32. The van der Waals surface area contributed by atoms with Gasteiger partial charge in [-0.1, -0.05) is 26.8 Å². The molecule has 2 nitrogen and oxygen atoms in total. The summed E-state index contributed by atoms with van der Waals surface area (Å²) >= 11 is 0. The van der Waals surface area contributed by atoms with Crippen LogP contribution >= 0.6 is 0 Å². The molecule has 1 fully saturated rings. The molecule has 0 spiro atoms. The Morgan fingerprint density at radius 3 is 2.50 bits per heavy atom. The quantitative estimate of drug-likeness (QED) is 0.727. The number of benzene rings is 1. The summed E-state index contributed by atoms with van der Waals surface area (Å²) in [6, 6.07) is 5.82. The monoisotopic (exact) mass is 218 g/mol. The fourth-order valence-corrected chi connectivity index (χ4v) is 1.77. The smallest absolute Gasteiger partial charge is 0.150 e. The molecule has 1 aromatic carbocycles. The Morgan fingerprint density at radius 1 is 1.31 bits per heavy atom. The molecule has 0 aromatic heterocycles. The molecule has 0 unspecified atom stereocenters. The molecule has 0 aliphatic heterocycles. The van der Waals surface area contributed by atoms with Gasteiger partial charge in [0.25, 0.3) is 0 Å². The zero-order valence-corrected chi connectivity index (χ0v) is 10.1. The molecule has 0 saturated heterocycles. The largest absolute Gasteiger partial charge is 0.490 e. The molecule has 1 saturated carbocycles. The molecule has 0 radical (unpaired) electrons. The lowest BCUT2D eigenvalue weighted by Crippen LogP contribution is -2.14. The van der Waals surface area contributed by atoms with Gasteiger partial charge in [0, 0.05) is 5.56 Å². The lowest BCUT2D eigenvalue weighted by Gasteiger charge is -2.21. The topological polar surface area (TPSA) is 26.3 Å². The molecule has 0 amide bonds. The Labute approximate surface area is 96.6 Å². The van der Waals surface area contributed by atoms with Crippen LogP contribution in [0, 0.1) is 0 Å². The van der Waals surface area contributed by atoms with Crippen LogP contribution in [0.2, 0.25) is 0 Å². The Balaban J connectivity index is 2.30. The highest BCUT2D eigenvalue weighted by atomic mass is 16.5. The van der Waals surface area contributed by atoms with Crippen molar-refractivity contribution in [1.82, 2.24) is 0 Å². The van der Waals surface area contributed by atoms with Crippen LogP contribution in [-0.4, -0.2) is 12.4 Å². The van der Waals surface area contributed by atoms with Crippen molar-refractivity contribution < 1.29 is 9.53 Å².